The van der Waals surface area contributed by atoms with Crippen LogP contribution in [0, 0.1) is 34.5 Å². The zero-order chi connectivity index (χ0) is 47.5. The average molecular weight is 974 g/mol. The fourth-order valence-electron chi connectivity index (χ4n) is 8.04. The van der Waals surface area contributed by atoms with Gasteiger partial charge in [-0.25, -0.2) is 18.4 Å². The molecule has 2 heterocycles. The molecule has 4 aromatic carbocycles. The van der Waals surface area contributed by atoms with Crippen molar-refractivity contribution in [3.63, 3.8) is 0 Å². The van der Waals surface area contributed by atoms with E-state index in [0.717, 1.165) is 35.6 Å². The Hall–Kier alpha value is -5.71. The summed E-state index contributed by atoms with van der Waals surface area (Å²) in [6.07, 6.45) is 0.712. The van der Waals surface area contributed by atoms with Gasteiger partial charge in [-0.15, -0.1) is 10.1 Å². The predicted molar refractivity (Wildman–Crippen MR) is 239 cm³/mol. The molecule has 0 spiro atoms. The van der Waals surface area contributed by atoms with Crippen LogP contribution in [-0.4, -0.2) is 85.1 Å². The molecule has 2 aliphatic heterocycles. The van der Waals surface area contributed by atoms with Gasteiger partial charge in [0.1, 0.15) is 12.4 Å². The summed E-state index contributed by atoms with van der Waals surface area (Å²) in [5.41, 5.74) is 3.09. The normalized spacial score (nSPS) is 17.3. The Bertz CT molecular complexity index is 2520. The third-order valence-electron chi connectivity index (χ3n) is 11.8. The fourth-order valence-corrected chi connectivity index (χ4v) is 8.16. The number of fused-ring (bicyclic) bond motifs is 2. The van der Waals surface area contributed by atoms with Gasteiger partial charge >= 0.3 is 12.2 Å². The van der Waals surface area contributed by atoms with E-state index in [0.29, 0.717) is 35.6 Å². The standard InChI is InChI=1S/C47H46Cl3F3N4O9/c1-28-8-4-5-11-32(28)24-55(33-17-18-33)43(58)40-36(31-15-13-29(14-16-31)10-7-21-63-42-38(52)20-19-37(51)41(42)53)23-34-25-54(26-39(40)56(34)45(60)66-46(2,3)47(48,49)50)44(59)65-35-12-6-9-30(22-35)27-64-57(61)62/h4-6,8-9,11-16,19-20,22,33-34,39H,7,10,17-18,21,23-27H2,1-3H3. The van der Waals surface area contributed by atoms with Gasteiger partial charge in [0.15, 0.2) is 23.0 Å². The SMILES string of the molecule is Cc1ccccc1CN(C(=O)C1=C(c2ccc(CCCOc3c(F)ccc(F)c3F)cc2)CC2CN(C(=O)Oc3cccc(CO[N+](=O)[O-])c3)CC1N2C(=O)OC(C)(C)C(Cl)(Cl)Cl)C1CC1. The molecular formula is C47H46Cl3F3N4O9. The summed E-state index contributed by atoms with van der Waals surface area (Å²) in [6.45, 7) is 4.40. The third-order valence-corrected chi connectivity index (χ3v) is 13.2. The quantitative estimate of drug-likeness (QED) is 0.0374. The zero-order valence-electron chi connectivity index (χ0n) is 36.1. The molecule has 0 radical (unpaired) electrons. The Kier molecular flexibility index (Phi) is 14.6. The highest BCUT2D eigenvalue weighted by Crippen LogP contribution is 2.45. The lowest BCUT2D eigenvalue weighted by Crippen LogP contribution is -2.66. The minimum Gasteiger partial charge on any atom is -0.488 e. The second kappa shape index (κ2) is 20.0. The van der Waals surface area contributed by atoms with Crippen molar-refractivity contribution >= 4 is 58.5 Å². The molecule has 19 heteroatoms. The van der Waals surface area contributed by atoms with Crippen molar-refractivity contribution in [2.24, 2.45) is 0 Å². The molecule has 2 unspecified atom stereocenters. The zero-order valence-corrected chi connectivity index (χ0v) is 38.4. The molecule has 7 rings (SSSR count). The van der Waals surface area contributed by atoms with E-state index in [9.17, 15) is 32.9 Å². The van der Waals surface area contributed by atoms with Crippen molar-refractivity contribution in [1.82, 2.24) is 14.7 Å². The van der Waals surface area contributed by atoms with Crippen molar-refractivity contribution < 1.29 is 51.7 Å². The second-order valence-corrected chi connectivity index (χ2v) is 19.2. The molecule has 2 bridgehead atoms. The van der Waals surface area contributed by atoms with Gasteiger partial charge in [0.25, 0.3) is 11.0 Å². The summed E-state index contributed by atoms with van der Waals surface area (Å²) in [4.78, 5) is 63.9. The first-order valence-corrected chi connectivity index (χ1v) is 22.3. The number of carbonyl (C=O) groups excluding carboxylic acids is 3. The van der Waals surface area contributed by atoms with Crippen LogP contribution in [0.3, 0.4) is 0 Å². The molecule has 3 amide bonds. The van der Waals surface area contributed by atoms with Crippen molar-refractivity contribution in [2.45, 2.75) is 93.5 Å². The maximum absolute atomic E-state index is 15.5. The van der Waals surface area contributed by atoms with Crippen molar-refractivity contribution in [3.8, 4) is 11.5 Å². The summed E-state index contributed by atoms with van der Waals surface area (Å²) in [5.74, 6) is -4.67. The maximum Gasteiger partial charge on any atom is 0.415 e. The monoisotopic (exact) mass is 972 g/mol. The summed E-state index contributed by atoms with van der Waals surface area (Å²) in [5, 5.41) is 9.89. The van der Waals surface area contributed by atoms with Crippen LogP contribution in [0.5, 0.6) is 11.5 Å². The number of halogens is 6. The number of rotatable bonds is 15. The Morgan fingerprint density at radius 3 is 2.29 bits per heavy atom. The van der Waals surface area contributed by atoms with E-state index >= 15 is 4.79 Å². The van der Waals surface area contributed by atoms with Gasteiger partial charge in [0, 0.05) is 31.2 Å². The Balaban J connectivity index is 1.24. The molecule has 66 heavy (non-hydrogen) atoms. The largest absolute Gasteiger partial charge is 0.488 e. The van der Waals surface area contributed by atoms with E-state index in [-0.39, 0.29) is 62.5 Å². The number of carbonyl (C=O) groups is 3. The molecule has 13 nitrogen and oxygen atoms in total. The van der Waals surface area contributed by atoms with Gasteiger partial charge in [-0.1, -0.05) is 95.5 Å². The molecule has 1 aliphatic carbocycles. The van der Waals surface area contributed by atoms with Gasteiger partial charge in [-0.3, -0.25) is 9.69 Å². The van der Waals surface area contributed by atoms with Crippen LogP contribution in [-0.2, 0) is 33.9 Å². The van der Waals surface area contributed by atoms with Gasteiger partial charge in [0.2, 0.25) is 9.61 Å². The Morgan fingerprint density at radius 1 is 0.894 bits per heavy atom. The summed E-state index contributed by atoms with van der Waals surface area (Å²) < 4.78 is 56.9. The van der Waals surface area contributed by atoms with Gasteiger partial charge in [-0.05, 0) is 111 Å². The molecule has 1 saturated carbocycles. The number of ether oxygens (including phenoxy) is 3. The van der Waals surface area contributed by atoms with Crippen molar-refractivity contribution in [2.75, 3.05) is 19.7 Å². The highest BCUT2D eigenvalue weighted by atomic mass is 35.6. The summed E-state index contributed by atoms with van der Waals surface area (Å²) >= 11 is 18.8. The number of alkyl halides is 3. The number of amides is 3. The molecule has 4 aromatic rings. The summed E-state index contributed by atoms with van der Waals surface area (Å²) in [7, 11) is 0. The topological polar surface area (TPSA) is 141 Å². The van der Waals surface area contributed by atoms with E-state index < -0.39 is 62.0 Å². The van der Waals surface area contributed by atoms with Crippen LogP contribution in [0.25, 0.3) is 5.57 Å². The highest BCUT2D eigenvalue weighted by Gasteiger charge is 2.52. The fraction of sp³-hybridized carbons (Fsp3) is 0.383. The predicted octanol–water partition coefficient (Wildman–Crippen LogP) is 10.3. The Morgan fingerprint density at radius 2 is 1.61 bits per heavy atom. The molecule has 350 valence electrons. The number of piperazine rings is 1. The third kappa shape index (κ3) is 11.1. The highest BCUT2D eigenvalue weighted by molar-refractivity contribution is 6.68. The molecular weight excluding hydrogens is 928 g/mol. The van der Waals surface area contributed by atoms with Crippen molar-refractivity contribution in [3.05, 3.63) is 146 Å². The lowest BCUT2D eigenvalue weighted by Gasteiger charge is -2.51. The number of hydrogen-bond acceptors (Lipinski definition) is 9. The van der Waals surface area contributed by atoms with Gasteiger partial charge in [-0.2, -0.15) is 4.39 Å². The van der Waals surface area contributed by atoms with Crippen LogP contribution in [0.2, 0.25) is 0 Å². The molecule has 3 aliphatic rings. The first-order chi connectivity index (χ1) is 31.3. The van der Waals surface area contributed by atoms with E-state index in [4.69, 9.17) is 49.0 Å². The molecule has 2 fully saturated rings. The minimum absolute atomic E-state index is 0.0616. The Labute approximate surface area is 394 Å². The van der Waals surface area contributed by atoms with Crippen molar-refractivity contribution in [1.29, 1.82) is 0 Å². The number of benzene rings is 4. The van der Waals surface area contributed by atoms with Crippen LogP contribution < -0.4 is 9.47 Å². The number of hydrogen-bond donors (Lipinski definition) is 0. The van der Waals surface area contributed by atoms with Crippen LogP contribution in [0.15, 0.2) is 90.5 Å². The van der Waals surface area contributed by atoms with Gasteiger partial charge in [0.05, 0.1) is 18.7 Å². The molecule has 0 aromatic heterocycles. The smallest absolute Gasteiger partial charge is 0.415 e. The van der Waals surface area contributed by atoms with E-state index in [1.807, 2.05) is 55.5 Å². The van der Waals surface area contributed by atoms with E-state index in [1.165, 1.54) is 35.8 Å². The van der Waals surface area contributed by atoms with Gasteiger partial charge < -0.3 is 28.8 Å². The lowest BCUT2D eigenvalue weighted by molar-refractivity contribution is -0.763. The van der Waals surface area contributed by atoms with Crippen LogP contribution in [0.4, 0.5) is 22.8 Å². The second-order valence-electron chi connectivity index (χ2n) is 16.9. The molecule has 0 N–H and O–H groups in total. The number of aryl methyl sites for hydroxylation is 2. The first-order valence-electron chi connectivity index (χ1n) is 21.2. The first kappa shape index (κ1) is 48.2. The molecule has 1 saturated heterocycles. The average Bonchev–Trinajstić information content (AvgIpc) is 4.11. The van der Waals surface area contributed by atoms with Crippen LogP contribution in [0.1, 0.15) is 67.3 Å². The maximum atomic E-state index is 15.5. The van der Waals surface area contributed by atoms with E-state index in [1.54, 1.807) is 17.0 Å². The van der Waals surface area contributed by atoms with Crippen LogP contribution >= 0.6 is 34.8 Å². The van der Waals surface area contributed by atoms with E-state index in [2.05, 4.69) is 4.84 Å². The lowest BCUT2D eigenvalue weighted by atomic mass is 9.81. The summed E-state index contributed by atoms with van der Waals surface area (Å²) in [6, 6.07) is 20.7. The number of nitrogens with zero attached hydrogens (tertiary/aromatic N) is 4. The molecule has 2 atom stereocenters. The minimum atomic E-state index is -2.04.